The molecule has 6 nitrogen and oxygen atoms in total. The molecular formula is C22H20ClFN4O2. The topological polar surface area (TPSA) is 75.2 Å². The average molecular weight is 427 g/mol. The molecule has 2 amide bonds. The Kier molecular flexibility index (Phi) is 6.42. The van der Waals surface area contributed by atoms with Crippen LogP contribution in [0.3, 0.4) is 0 Å². The molecule has 0 bridgehead atoms. The highest BCUT2D eigenvalue weighted by atomic mass is 35.5. The number of hydrogen-bond donors (Lipinski definition) is 1. The summed E-state index contributed by atoms with van der Waals surface area (Å²) in [4.78, 5) is 34.4. The van der Waals surface area contributed by atoms with Gasteiger partial charge in [0.2, 0.25) is 6.41 Å². The first-order valence-electron chi connectivity index (χ1n) is 9.27. The summed E-state index contributed by atoms with van der Waals surface area (Å²) >= 11 is 6.26. The van der Waals surface area contributed by atoms with Crippen LogP contribution in [0.1, 0.15) is 35.8 Å². The summed E-state index contributed by atoms with van der Waals surface area (Å²) in [6.07, 6.45) is 0.552. The maximum atomic E-state index is 14.4. The van der Waals surface area contributed by atoms with E-state index in [9.17, 15) is 14.0 Å². The molecule has 1 aromatic heterocycles. The van der Waals surface area contributed by atoms with Crippen molar-refractivity contribution in [1.82, 2.24) is 15.3 Å². The fourth-order valence-corrected chi connectivity index (χ4v) is 3.31. The van der Waals surface area contributed by atoms with Crippen LogP contribution in [0, 0.1) is 5.82 Å². The quantitative estimate of drug-likeness (QED) is 0.579. The third kappa shape index (κ3) is 4.02. The van der Waals surface area contributed by atoms with Crippen molar-refractivity contribution in [2.24, 2.45) is 0 Å². The van der Waals surface area contributed by atoms with Crippen LogP contribution in [0.2, 0.25) is 5.15 Å². The summed E-state index contributed by atoms with van der Waals surface area (Å²) < 4.78 is 14.4. The van der Waals surface area contributed by atoms with Crippen LogP contribution in [0.15, 0.2) is 48.5 Å². The molecule has 30 heavy (non-hydrogen) atoms. The van der Waals surface area contributed by atoms with Crippen molar-refractivity contribution in [3.05, 3.63) is 70.8 Å². The predicted molar refractivity (Wildman–Crippen MR) is 115 cm³/mol. The molecule has 0 atom stereocenters. The summed E-state index contributed by atoms with van der Waals surface area (Å²) in [7, 11) is 1.43. The summed E-state index contributed by atoms with van der Waals surface area (Å²) in [6.45, 7) is 3.97. The van der Waals surface area contributed by atoms with Crippen LogP contribution in [-0.4, -0.2) is 29.3 Å². The number of nitrogens with zero attached hydrogens (tertiary/aromatic N) is 3. The highest BCUT2D eigenvalue weighted by Crippen LogP contribution is 2.35. The normalized spacial score (nSPS) is 10.7. The second kappa shape index (κ2) is 9.00. The number of carbonyl (C=O) groups is 2. The van der Waals surface area contributed by atoms with Crippen molar-refractivity contribution in [1.29, 1.82) is 0 Å². The molecule has 8 heteroatoms. The van der Waals surface area contributed by atoms with E-state index in [0.717, 1.165) is 5.56 Å². The molecule has 3 rings (SSSR count). The molecule has 0 aliphatic carbocycles. The fourth-order valence-electron chi connectivity index (χ4n) is 3.09. The van der Waals surface area contributed by atoms with Gasteiger partial charge in [0.05, 0.1) is 5.69 Å². The van der Waals surface area contributed by atoms with E-state index in [2.05, 4.69) is 15.3 Å². The molecule has 2 aromatic carbocycles. The Morgan fingerprint density at radius 1 is 1.13 bits per heavy atom. The molecule has 0 saturated carbocycles. The second-order valence-corrected chi connectivity index (χ2v) is 7.14. The van der Waals surface area contributed by atoms with Gasteiger partial charge in [-0.3, -0.25) is 14.5 Å². The molecule has 0 aliphatic heterocycles. The smallest absolute Gasteiger partial charge is 0.273 e. The zero-order chi connectivity index (χ0) is 21.8. The monoisotopic (exact) mass is 426 g/mol. The zero-order valence-electron chi connectivity index (χ0n) is 16.7. The lowest BCUT2D eigenvalue weighted by molar-refractivity contribution is -0.106. The number of aromatic nitrogens is 2. The van der Waals surface area contributed by atoms with Crippen molar-refractivity contribution in [3.63, 3.8) is 0 Å². The van der Waals surface area contributed by atoms with Crippen LogP contribution in [0.5, 0.6) is 0 Å². The number of halogens is 2. The molecule has 0 saturated heterocycles. The number of hydrogen-bond acceptors (Lipinski definition) is 4. The number of para-hydroxylation sites is 1. The minimum atomic E-state index is -0.576. The standard InChI is InChI=1S/C22H20ClFN4O2/c1-13(2)14-8-5-7-11-17(14)28(12-29)21-19(22(30)25-3)26-20(23)18(27-21)15-9-4-6-10-16(15)24/h4-13H,1-3H3,(H,25,30). The van der Waals surface area contributed by atoms with Crippen molar-refractivity contribution in [2.75, 3.05) is 11.9 Å². The number of carbonyl (C=O) groups excluding carboxylic acids is 2. The van der Waals surface area contributed by atoms with Crippen LogP contribution in [0.4, 0.5) is 15.9 Å². The molecule has 0 radical (unpaired) electrons. The van der Waals surface area contributed by atoms with Crippen LogP contribution in [0.25, 0.3) is 11.3 Å². The van der Waals surface area contributed by atoms with Gasteiger partial charge in [0, 0.05) is 12.6 Å². The number of rotatable bonds is 6. The Bertz CT molecular complexity index is 1100. The van der Waals surface area contributed by atoms with Crippen molar-refractivity contribution in [2.45, 2.75) is 19.8 Å². The Labute approximate surface area is 178 Å². The summed E-state index contributed by atoms with van der Waals surface area (Å²) in [6, 6.07) is 13.2. The van der Waals surface area contributed by atoms with Gasteiger partial charge in [-0.15, -0.1) is 0 Å². The highest BCUT2D eigenvalue weighted by molar-refractivity contribution is 6.32. The van der Waals surface area contributed by atoms with Gasteiger partial charge < -0.3 is 5.32 Å². The first kappa shape index (κ1) is 21.4. The Morgan fingerprint density at radius 3 is 2.43 bits per heavy atom. The lowest BCUT2D eigenvalue weighted by Gasteiger charge is -2.23. The highest BCUT2D eigenvalue weighted by Gasteiger charge is 2.26. The lowest BCUT2D eigenvalue weighted by Crippen LogP contribution is -2.27. The fraction of sp³-hybridized carbons (Fsp3) is 0.182. The van der Waals surface area contributed by atoms with Gasteiger partial charge in [0.15, 0.2) is 16.7 Å². The zero-order valence-corrected chi connectivity index (χ0v) is 17.4. The van der Waals surface area contributed by atoms with E-state index in [4.69, 9.17) is 11.6 Å². The van der Waals surface area contributed by atoms with Gasteiger partial charge in [0.1, 0.15) is 11.5 Å². The predicted octanol–water partition coefficient (Wildman–Crippen LogP) is 4.71. The minimum Gasteiger partial charge on any atom is -0.354 e. The maximum absolute atomic E-state index is 14.4. The van der Waals surface area contributed by atoms with E-state index in [0.29, 0.717) is 12.1 Å². The third-order valence-electron chi connectivity index (χ3n) is 4.56. The number of amides is 2. The van der Waals surface area contributed by atoms with Crippen LogP contribution < -0.4 is 10.2 Å². The first-order chi connectivity index (χ1) is 14.4. The summed E-state index contributed by atoms with van der Waals surface area (Å²) in [5.41, 5.74) is 1.42. The van der Waals surface area contributed by atoms with Crippen molar-refractivity contribution >= 4 is 35.4 Å². The van der Waals surface area contributed by atoms with Gasteiger partial charge in [0.25, 0.3) is 5.91 Å². The minimum absolute atomic E-state index is 0.0336. The van der Waals surface area contributed by atoms with E-state index in [-0.39, 0.29) is 33.8 Å². The molecule has 0 spiro atoms. The second-order valence-electron chi connectivity index (χ2n) is 6.78. The van der Waals surface area contributed by atoms with E-state index in [1.807, 2.05) is 26.0 Å². The van der Waals surface area contributed by atoms with E-state index >= 15 is 0 Å². The van der Waals surface area contributed by atoms with Crippen LogP contribution in [-0.2, 0) is 4.79 Å². The summed E-state index contributed by atoms with van der Waals surface area (Å²) in [5, 5.41) is 2.32. The molecule has 0 aliphatic rings. The van der Waals surface area contributed by atoms with Gasteiger partial charge in [-0.25, -0.2) is 14.4 Å². The summed E-state index contributed by atoms with van der Waals surface area (Å²) in [5.74, 6) is -1.07. The van der Waals surface area contributed by atoms with Crippen LogP contribution >= 0.6 is 11.6 Å². The largest absolute Gasteiger partial charge is 0.354 e. The van der Waals surface area contributed by atoms with Gasteiger partial charge >= 0.3 is 0 Å². The van der Waals surface area contributed by atoms with E-state index in [1.54, 1.807) is 18.2 Å². The van der Waals surface area contributed by atoms with Crippen molar-refractivity contribution < 1.29 is 14.0 Å². The van der Waals surface area contributed by atoms with Gasteiger partial charge in [-0.05, 0) is 29.7 Å². The van der Waals surface area contributed by atoms with E-state index < -0.39 is 11.7 Å². The van der Waals surface area contributed by atoms with Gasteiger partial charge in [-0.1, -0.05) is 55.8 Å². The average Bonchev–Trinajstić information content (AvgIpc) is 2.75. The lowest BCUT2D eigenvalue weighted by atomic mass is 10.0. The number of benzene rings is 2. The molecule has 154 valence electrons. The Morgan fingerprint density at radius 2 is 1.80 bits per heavy atom. The van der Waals surface area contributed by atoms with E-state index in [1.165, 1.54) is 30.1 Å². The first-order valence-corrected chi connectivity index (χ1v) is 9.64. The van der Waals surface area contributed by atoms with Crippen molar-refractivity contribution in [3.8, 4) is 11.3 Å². The molecule has 0 unspecified atom stereocenters. The van der Waals surface area contributed by atoms with Gasteiger partial charge in [-0.2, -0.15) is 0 Å². The molecule has 3 aromatic rings. The molecule has 1 heterocycles. The SMILES string of the molecule is CNC(=O)c1nc(Cl)c(-c2ccccc2F)nc1N(C=O)c1ccccc1C(C)C. The molecular weight excluding hydrogens is 407 g/mol. The Hall–Kier alpha value is -3.32. The molecule has 1 N–H and O–H groups in total. The molecule has 0 fully saturated rings. The maximum Gasteiger partial charge on any atom is 0.273 e. The third-order valence-corrected chi connectivity index (χ3v) is 4.82. The Balaban J connectivity index is 2.31. The number of anilines is 2. The number of nitrogens with one attached hydrogen (secondary N) is 1.